The lowest BCUT2D eigenvalue weighted by atomic mass is 9.77. The quantitative estimate of drug-likeness (QED) is 0.679. The third-order valence-corrected chi connectivity index (χ3v) is 4.44. The van der Waals surface area contributed by atoms with E-state index in [0.29, 0.717) is 11.0 Å². The van der Waals surface area contributed by atoms with Gasteiger partial charge in [-0.15, -0.1) is 0 Å². The minimum absolute atomic E-state index is 0.180. The molecule has 2 heterocycles. The summed E-state index contributed by atoms with van der Waals surface area (Å²) in [6.45, 7) is 11.2. The first-order valence-corrected chi connectivity index (χ1v) is 7.94. The van der Waals surface area contributed by atoms with Crippen molar-refractivity contribution in [2.45, 2.75) is 52.7 Å². The Morgan fingerprint density at radius 3 is 2.46 bits per heavy atom. The summed E-state index contributed by atoms with van der Waals surface area (Å²) in [6, 6.07) is 1.70. The number of pyridine rings is 1. The molecule has 0 aliphatic carbocycles. The zero-order valence-corrected chi connectivity index (χ0v) is 15.1. The third kappa shape index (κ3) is 4.02. The van der Waals surface area contributed by atoms with Gasteiger partial charge in [0.15, 0.2) is 0 Å². The number of hydrogen-bond acceptors (Lipinski definition) is 4. The van der Waals surface area contributed by atoms with E-state index in [1.54, 1.807) is 12.1 Å². The molecule has 0 unspecified atom stereocenters. The predicted molar refractivity (Wildman–Crippen MR) is 91.7 cm³/mol. The lowest BCUT2D eigenvalue weighted by molar-refractivity contribution is -0.118. The lowest BCUT2D eigenvalue weighted by Crippen LogP contribution is -2.41. The first-order chi connectivity index (χ1) is 11.0. The van der Waals surface area contributed by atoms with Gasteiger partial charge in [-0.2, -0.15) is 4.39 Å². The van der Waals surface area contributed by atoms with Crippen LogP contribution in [0.3, 0.4) is 0 Å². The number of nitrogens with zero attached hydrogens (tertiary/aromatic N) is 1. The summed E-state index contributed by atoms with van der Waals surface area (Å²) in [7, 11) is -0.665. The standard InChI is InChI=1S/C17H24BFN2O3/c1-11-7-13(15(19)21-9-11)8-14(10-20-12(2)22)18-23-16(3,4)17(5,6)24-18/h7-9H,10H2,1-6H3,(H,20,22). The van der Waals surface area contributed by atoms with Crippen LogP contribution in [-0.4, -0.2) is 35.8 Å². The highest BCUT2D eigenvalue weighted by Crippen LogP contribution is 2.38. The van der Waals surface area contributed by atoms with E-state index in [1.165, 1.54) is 13.1 Å². The Bertz CT molecular complexity index is 658. The molecule has 0 saturated carbocycles. The van der Waals surface area contributed by atoms with E-state index in [0.717, 1.165) is 5.56 Å². The molecular weight excluding hydrogens is 310 g/mol. The maximum Gasteiger partial charge on any atom is 0.492 e. The first kappa shape index (κ1) is 18.6. The molecule has 0 spiro atoms. The second-order valence-electron chi connectivity index (χ2n) is 7.11. The second kappa shape index (κ2) is 6.65. The molecule has 1 fully saturated rings. The zero-order chi connectivity index (χ0) is 18.1. The average molecular weight is 334 g/mol. The Balaban J connectivity index is 2.37. The number of hydrogen-bond donors (Lipinski definition) is 1. The molecular formula is C17H24BFN2O3. The molecule has 5 nitrogen and oxygen atoms in total. The van der Waals surface area contributed by atoms with Crippen LogP contribution in [0.15, 0.2) is 17.7 Å². The van der Waals surface area contributed by atoms with E-state index in [1.807, 2.05) is 34.6 Å². The van der Waals surface area contributed by atoms with Gasteiger partial charge in [0.25, 0.3) is 0 Å². The maximum atomic E-state index is 14.0. The SMILES string of the molecule is CC(=O)NCC(=Cc1cc(C)cnc1F)B1OC(C)(C)C(C)(C)O1. The van der Waals surface area contributed by atoms with E-state index in [4.69, 9.17) is 9.31 Å². The number of nitrogens with one attached hydrogen (secondary N) is 1. The molecule has 1 amide bonds. The molecule has 1 N–H and O–H groups in total. The Morgan fingerprint density at radius 1 is 1.33 bits per heavy atom. The van der Waals surface area contributed by atoms with Gasteiger partial charge in [0, 0.05) is 25.2 Å². The number of halogens is 1. The average Bonchev–Trinajstić information content (AvgIpc) is 2.66. The van der Waals surface area contributed by atoms with E-state index in [9.17, 15) is 9.18 Å². The molecule has 130 valence electrons. The minimum Gasteiger partial charge on any atom is -0.400 e. The number of aromatic nitrogens is 1. The fraction of sp³-hybridized carbons (Fsp3) is 0.529. The van der Waals surface area contributed by atoms with Crippen molar-refractivity contribution < 1.29 is 18.5 Å². The number of carbonyl (C=O) groups is 1. The number of aryl methyl sites for hydroxylation is 1. The van der Waals surface area contributed by atoms with Crippen LogP contribution in [-0.2, 0) is 14.1 Å². The lowest BCUT2D eigenvalue weighted by Gasteiger charge is -2.32. The smallest absolute Gasteiger partial charge is 0.400 e. The summed E-state index contributed by atoms with van der Waals surface area (Å²) in [5, 5.41) is 2.72. The van der Waals surface area contributed by atoms with E-state index in [-0.39, 0.29) is 12.5 Å². The Hall–Kier alpha value is -1.73. The number of rotatable bonds is 4. The Morgan fingerprint density at radius 2 is 1.92 bits per heavy atom. The molecule has 1 aromatic heterocycles. The van der Waals surface area contributed by atoms with Gasteiger partial charge in [-0.05, 0) is 51.7 Å². The van der Waals surface area contributed by atoms with Crippen molar-refractivity contribution in [2.24, 2.45) is 0 Å². The van der Waals surface area contributed by atoms with Gasteiger partial charge < -0.3 is 14.6 Å². The van der Waals surface area contributed by atoms with Gasteiger partial charge in [-0.3, -0.25) is 4.79 Å². The van der Waals surface area contributed by atoms with Crippen molar-refractivity contribution in [3.05, 3.63) is 34.8 Å². The van der Waals surface area contributed by atoms with Crippen LogP contribution in [0.2, 0.25) is 0 Å². The van der Waals surface area contributed by atoms with Gasteiger partial charge in [-0.25, -0.2) is 4.98 Å². The molecule has 1 aliphatic rings. The summed E-state index contributed by atoms with van der Waals surface area (Å²) in [5.41, 5.74) is 0.780. The fourth-order valence-corrected chi connectivity index (χ4v) is 2.30. The maximum absolute atomic E-state index is 14.0. The molecule has 1 aliphatic heterocycles. The van der Waals surface area contributed by atoms with Gasteiger partial charge in [0.2, 0.25) is 11.9 Å². The van der Waals surface area contributed by atoms with E-state index >= 15 is 0 Å². The predicted octanol–water partition coefficient (Wildman–Crippen LogP) is 2.68. The summed E-state index contributed by atoms with van der Waals surface area (Å²) < 4.78 is 26.0. The Kier molecular flexibility index (Phi) is 5.15. The Labute approximate surface area is 142 Å². The minimum atomic E-state index is -0.665. The van der Waals surface area contributed by atoms with Crippen molar-refractivity contribution in [3.8, 4) is 0 Å². The van der Waals surface area contributed by atoms with Crippen LogP contribution in [0.1, 0.15) is 45.7 Å². The van der Waals surface area contributed by atoms with Crippen LogP contribution >= 0.6 is 0 Å². The van der Waals surface area contributed by atoms with Crippen LogP contribution < -0.4 is 5.32 Å². The molecule has 2 rings (SSSR count). The molecule has 1 aromatic rings. The van der Waals surface area contributed by atoms with Crippen molar-refractivity contribution in [3.63, 3.8) is 0 Å². The summed E-state index contributed by atoms with van der Waals surface area (Å²) in [4.78, 5) is 15.0. The van der Waals surface area contributed by atoms with Gasteiger partial charge in [0.1, 0.15) is 0 Å². The first-order valence-electron chi connectivity index (χ1n) is 7.94. The second-order valence-corrected chi connectivity index (χ2v) is 7.11. The molecule has 7 heteroatoms. The number of carbonyl (C=O) groups excluding carboxylic acids is 1. The fourth-order valence-electron chi connectivity index (χ4n) is 2.30. The van der Waals surface area contributed by atoms with Crippen LogP contribution in [0.5, 0.6) is 0 Å². The molecule has 0 atom stereocenters. The molecule has 0 bridgehead atoms. The van der Waals surface area contributed by atoms with Crippen molar-refractivity contribution in [2.75, 3.05) is 6.54 Å². The number of amides is 1. The molecule has 1 saturated heterocycles. The third-order valence-electron chi connectivity index (χ3n) is 4.44. The van der Waals surface area contributed by atoms with Crippen LogP contribution in [0, 0.1) is 12.9 Å². The summed E-state index contributed by atoms with van der Waals surface area (Å²) in [5.74, 6) is -0.752. The monoisotopic (exact) mass is 334 g/mol. The summed E-state index contributed by atoms with van der Waals surface area (Å²) in [6.07, 6.45) is 3.10. The van der Waals surface area contributed by atoms with Gasteiger partial charge >= 0.3 is 7.12 Å². The van der Waals surface area contributed by atoms with Crippen molar-refractivity contribution in [1.82, 2.24) is 10.3 Å². The van der Waals surface area contributed by atoms with Crippen LogP contribution in [0.25, 0.3) is 6.08 Å². The molecule has 24 heavy (non-hydrogen) atoms. The normalized spacial score (nSPS) is 19.5. The highest BCUT2D eigenvalue weighted by molar-refractivity contribution is 6.56. The molecule has 0 aromatic carbocycles. The topological polar surface area (TPSA) is 60.5 Å². The highest BCUT2D eigenvalue weighted by Gasteiger charge is 2.52. The summed E-state index contributed by atoms with van der Waals surface area (Å²) >= 11 is 0. The van der Waals surface area contributed by atoms with Gasteiger partial charge in [-0.1, -0.05) is 6.08 Å². The van der Waals surface area contributed by atoms with Crippen molar-refractivity contribution >= 4 is 19.1 Å². The van der Waals surface area contributed by atoms with Crippen molar-refractivity contribution in [1.29, 1.82) is 0 Å². The van der Waals surface area contributed by atoms with E-state index in [2.05, 4.69) is 10.3 Å². The van der Waals surface area contributed by atoms with E-state index < -0.39 is 24.3 Å². The highest BCUT2D eigenvalue weighted by atomic mass is 19.1. The zero-order valence-electron chi connectivity index (χ0n) is 15.1. The van der Waals surface area contributed by atoms with Crippen LogP contribution in [0.4, 0.5) is 4.39 Å². The largest absolute Gasteiger partial charge is 0.492 e. The van der Waals surface area contributed by atoms with Gasteiger partial charge in [0.05, 0.1) is 11.2 Å². The molecule has 0 radical (unpaired) electrons.